The zero-order chi connectivity index (χ0) is 32.3. The summed E-state index contributed by atoms with van der Waals surface area (Å²) in [5.74, 6) is 0.158. The van der Waals surface area contributed by atoms with Crippen LogP contribution in [-0.4, -0.2) is 59.2 Å². The normalized spacial score (nSPS) is 12.7. The van der Waals surface area contributed by atoms with Crippen LogP contribution in [-0.2, 0) is 22.2 Å². The minimum Gasteiger partial charge on any atom is -0.456 e. The van der Waals surface area contributed by atoms with Crippen LogP contribution < -0.4 is 5.32 Å². The Morgan fingerprint density at radius 1 is 0.488 bits per heavy atom. The van der Waals surface area contributed by atoms with Crippen LogP contribution in [0.2, 0.25) is 44.8 Å². The predicted octanol–water partition coefficient (Wildman–Crippen LogP) is 10.6. The van der Waals surface area contributed by atoms with E-state index in [1.54, 1.807) is 21.3 Å². The molecule has 0 radical (unpaired) electrons. The third-order valence-corrected chi connectivity index (χ3v) is 17.5. The third kappa shape index (κ3) is 28.0. The summed E-state index contributed by atoms with van der Waals surface area (Å²) < 4.78 is 22.7. The van der Waals surface area contributed by atoms with E-state index in [9.17, 15) is 4.79 Å². The molecule has 0 spiro atoms. The van der Waals surface area contributed by atoms with Crippen LogP contribution in [0.4, 0.5) is 0 Å². The highest BCUT2D eigenvalue weighted by atomic mass is 28.4. The Morgan fingerprint density at radius 3 is 1.19 bits per heavy atom. The fourth-order valence-corrected chi connectivity index (χ4v) is 15.9. The molecule has 0 heterocycles. The Bertz CT molecular complexity index is 634. The van der Waals surface area contributed by atoms with Gasteiger partial charge in [0.05, 0.1) is 0 Å². The van der Waals surface area contributed by atoms with Crippen molar-refractivity contribution < 1.29 is 22.2 Å². The fraction of sp³-hybridized carbons (Fsp3) is 0.971. The van der Waals surface area contributed by atoms with Crippen molar-refractivity contribution in [3.63, 3.8) is 0 Å². The maximum absolute atomic E-state index is 12.0. The maximum atomic E-state index is 12.0. The van der Waals surface area contributed by atoms with Crippen molar-refractivity contribution in [2.24, 2.45) is 0 Å². The van der Waals surface area contributed by atoms with Crippen LogP contribution in [0.25, 0.3) is 0 Å². The second-order valence-electron chi connectivity index (χ2n) is 14.3. The minimum absolute atomic E-state index is 0.158. The second-order valence-corrected chi connectivity index (χ2v) is 26.4. The molecule has 0 unspecified atom stereocenters. The van der Waals surface area contributed by atoms with Gasteiger partial charge in [-0.15, -0.1) is 0 Å². The number of carbonyl (C=O) groups excluding carboxylic acids is 1. The molecule has 0 aliphatic rings. The van der Waals surface area contributed by atoms with E-state index in [2.05, 4.69) is 38.1 Å². The van der Waals surface area contributed by atoms with E-state index >= 15 is 0 Å². The first-order valence-corrected chi connectivity index (χ1v) is 26.6. The largest absolute Gasteiger partial charge is 0.500 e. The van der Waals surface area contributed by atoms with Crippen LogP contribution in [0.3, 0.4) is 0 Å². The van der Waals surface area contributed by atoms with Gasteiger partial charge in [0.1, 0.15) is 0 Å². The predicted molar refractivity (Wildman–Crippen MR) is 193 cm³/mol. The van der Waals surface area contributed by atoms with Crippen molar-refractivity contribution in [2.75, 3.05) is 27.9 Å². The molecular formula is C34H75NO5Si3. The van der Waals surface area contributed by atoms with Crippen LogP contribution in [0.1, 0.15) is 141 Å². The Labute approximate surface area is 272 Å². The molecule has 0 aliphatic carbocycles. The quantitative estimate of drug-likeness (QED) is 0.0574. The summed E-state index contributed by atoms with van der Waals surface area (Å²) >= 11 is 0. The van der Waals surface area contributed by atoms with Crippen molar-refractivity contribution in [2.45, 2.75) is 186 Å². The van der Waals surface area contributed by atoms with Crippen LogP contribution in [0.5, 0.6) is 0 Å². The summed E-state index contributed by atoms with van der Waals surface area (Å²) in [6.07, 6.45) is 28.8. The Hall–Kier alpha value is -0.0394. The van der Waals surface area contributed by atoms with E-state index in [4.69, 9.17) is 17.4 Å². The molecule has 258 valence electrons. The lowest BCUT2D eigenvalue weighted by Gasteiger charge is -2.31. The van der Waals surface area contributed by atoms with Gasteiger partial charge in [-0.2, -0.15) is 0 Å². The first kappa shape index (κ1) is 43.0. The van der Waals surface area contributed by atoms with Gasteiger partial charge < -0.3 is 22.7 Å². The van der Waals surface area contributed by atoms with Crippen LogP contribution in [0.15, 0.2) is 0 Å². The lowest BCUT2D eigenvalue weighted by molar-refractivity contribution is -0.121. The van der Waals surface area contributed by atoms with Crippen molar-refractivity contribution in [3.8, 4) is 0 Å². The molecule has 0 fully saturated rings. The van der Waals surface area contributed by atoms with Crippen LogP contribution in [0, 0.1) is 0 Å². The van der Waals surface area contributed by atoms with Crippen molar-refractivity contribution in [3.05, 3.63) is 0 Å². The molecule has 1 amide bonds. The molecule has 0 aromatic rings. The molecule has 43 heavy (non-hydrogen) atoms. The SMILES string of the molecule is CO[Si](CCCNC(=O)CCCCCCCCCCCCCCCCCCCCCC[Si](C)(C)O[Si](C)(C)C)(OC)OC. The van der Waals surface area contributed by atoms with Crippen molar-refractivity contribution in [1.82, 2.24) is 5.32 Å². The van der Waals surface area contributed by atoms with Crippen molar-refractivity contribution in [1.29, 1.82) is 0 Å². The zero-order valence-electron chi connectivity index (χ0n) is 30.2. The van der Waals surface area contributed by atoms with Gasteiger partial charge in [-0.1, -0.05) is 122 Å². The van der Waals surface area contributed by atoms with E-state index in [0.717, 1.165) is 19.3 Å². The summed E-state index contributed by atoms with van der Waals surface area (Å²) in [5, 5.41) is 3.01. The second kappa shape index (κ2) is 27.1. The molecule has 0 rings (SSSR count). The van der Waals surface area contributed by atoms with E-state index in [1.807, 2.05) is 0 Å². The van der Waals surface area contributed by atoms with Gasteiger partial charge in [0.15, 0.2) is 16.6 Å². The van der Waals surface area contributed by atoms with E-state index < -0.39 is 25.4 Å². The third-order valence-electron chi connectivity index (χ3n) is 8.43. The summed E-state index contributed by atoms with van der Waals surface area (Å²) in [7, 11) is -0.441. The summed E-state index contributed by atoms with van der Waals surface area (Å²) in [5.41, 5.74) is 0. The van der Waals surface area contributed by atoms with Gasteiger partial charge in [-0.05, 0) is 51.6 Å². The van der Waals surface area contributed by atoms with E-state index in [1.165, 1.54) is 122 Å². The number of nitrogens with one attached hydrogen (secondary N) is 1. The van der Waals surface area contributed by atoms with Gasteiger partial charge in [0, 0.05) is 40.3 Å². The monoisotopic (exact) mass is 661 g/mol. The van der Waals surface area contributed by atoms with Gasteiger partial charge in [-0.3, -0.25) is 4.79 Å². The number of carbonyl (C=O) groups is 1. The van der Waals surface area contributed by atoms with Crippen molar-refractivity contribution >= 4 is 31.3 Å². The van der Waals surface area contributed by atoms with Gasteiger partial charge in [-0.25, -0.2) is 0 Å². The summed E-state index contributed by atoms with van der Waals surface area (Å²) in [6.45, 7) is 12.4. The Kier molecular flexibility index (Phi) is 27.1. The molecule has 6 nitrogen and oxygen atoms in total. The molecule has 9 heteroatoms. The fourth-order valence-electron chi connectivity index (χ4n) is 6.08. The number of hydrogen-bond acceptors (Lipinski definition) is 5. The number of unbranched alkanes of at least 4 members (excludes halogenated alkanes) is 19. The highest BCUT2D eigenvalue weighted by Crippen LogP contribution is 2.22. The molecule has 0 atom stereocenters. The lowest BCUT2D eigenvalue weighted by Crippen LogP contribution is -2.43. The van der Waals surface area contributed by atoms with E-state index in [0.29, 0.717) is 19.0 Å². The van der Waals surface area contributed by atoms with E-state index in [-0.39, 0.29) is 5.91 Å². The number of amides is 1. The number of hydrogen-bond donors (Lipinski definition) is 1. The average Bonchev–Trinajstić information content (AvgIpc) is 2.95. The van der Waals surface area contributed by atoms with Crippen LogP contribution >= 0.6 is 0 Å². The highest BCUT2D eigenvalue weighted by Gasteiger charge is 2.36. The first-order valence-electron chi connectivity index (χ1n) is 18.1. The number of rotatable bonds is 32. The van der Waals surface area contributed by atoms with Gasteiger partial charge in [0.2, 0.25) is 5.91 Å². The molecular weight excluding hydrogens is 587 g/mol. The smallest absolute Gasteiger partial charge is 0.456 e. The molecule has 0 saturated heterocycles. The molecule has 0 aromatic carbocycles. The highest BCUT2D eigenvalue weighted by molar-refractivity contribution is 6.84. The van der Waals surface area contributed by atoms with Gasteiger partial charge in [0.25, 0.3) is 0 Å². The van der Waals surface area contributed by atoms with Gasteiger partial charge >= 0.3 is 8.80 Å². The first-order chi connectivity index (χ1) is 20.5. The molecule has 0 bridgehead atoms. The molecule has 1 N–H and O–H groups in total. The zero-order valence-corrected chi connectivity index (χ0v) is 33.2. The standard InChI is InChI=1S/C34H75NO5Si3/c1-37-43(38-2,39-3)33-29-31-35-34(36)30-27-25-23-21-19-17-15-13-11-9-10-12-14-16-18-20-22-24-26-28-32-42(7,8)40-41(4,5)6/h9-33H2,1-8H3,(H,35,36). The average molecular weight is 662 g/mol. The lowest BCUT2D eigenvalue weighted by atomic mass is 10.0. The molecule has 0 saturated carbocycles. The molecule has 0 aromatic heterocycles. The maximum Gasteiger partial charge on any atom is 0.500 e. The Morgan fingerprint density at radius 2 is 0.837 bits per heavy atom. The summed E-state index contributed by atoms with van der Waals surface area (Å²) in [6, 6.07) is 2.05. The summed E-state index contributed by atoms with van der Waals surface area (Å²) in [4.78, 5) is 12.0. The topological polar surface area (TPSA) is 66.0 Å². The minimum atomic E-state index is -2.52. The molecule has 0 aliphatic heterocycles. The Balaban J connectivity index is 3.32.